The van der Waals surface area contributed by atoms with Crippen LogP contribution in [-0.2, 0) is 22.7 Å². The Morgan fingerprint density at radius 3 is 2.50 bits per heavy atom. The Kier molecular flexibility index (Phi) is 5.66. The van der Waals surface area contributed by atoms with Gasteiger partial charge in [0, 0.05) is 18.8 Å². The molecule has 1 aliphatic rings. The zero-order valence-electron chi connectivity index (χ0n) is 15.3. The molecule has 1 heterocycles. The standard InChI is InChI=1S/C21H25N3O2/c1-15(2)24(14-16-8-4-3-5-9-16)21(26)19-12-18(19)20(25)23-13-17-10-6-7-11-22-17/h3-11,15,18-19H,12-14H2,1-2H3,(H,23,25). The molecule has 1 N–H and O–H groups in total. The van der Waals surface area contributed by atoms with Crippen LogP contribution in [0.2, 0.25) is 0 Å². The van der Waals surface area contributed by atoms with Crippen molar-refractivity contribution in [2.75, 3.05) is 0 Å². The molecule has 136 valence electrons. The van der Waals surface area contributed by atoms with E-state index in [1.165, 1.54) is 0 Å². The van der Waals surface area contributed by atoms with Gasteiger partial charge in [0.05, 0.1) is 24.1 Å². The Hall–Kier alpha value is -2.69. The van der Waals surface area contributed by atoms with Gasteiger partial charge >= 0.3 is 0 Å². The van der Waals surface area contributed by atoms with Crippen molar-refractivity contribution in [1.29, 1.82) is 0 Å². The molecule has 1 aromatic carbocycles. The van der Waals surface area contributed by atoms with Crippen LogP contribution in [0.3, 0.4) is 0 Å². The van der Waals surface area contributed by atoms with Gasteiger partial charge in [0.2, 0.25) is 11.8 Å². The van der Waals surface area contributed by atoms with Crippen molar-refractivity contribution in [3.05, 3.63) is 66.0 Å². The van der Waals surface area contributed by atoms with Crippen molar-refractivity contribution >= 4 is 11.8 Å². The van der Waals surface area contributed by atoms with Crippen molar-refractivity contribution in [3.63, 3.8) is 0 Å². The van der Waals surface area contributed by atoms with Gasteiger partial charge in [-0.15, -0.1) is 0 Å². The van der Waals surface area contributed by atoms with Crippen LogP contribution in [0.25, 0.3) is 0 Å². The second-order valence-electron chi connectivity index (χ2n) is 7.03. The van der Waals surface area contributed by atoms with E-state index in [0.29, 0.717) is 19.5 Å². The molecule has 1 aromatic heterocycles. The molecule has 1 aliphatic carbocycles. The van der Waals surface area contributed by atoms with Gasteiger partial charge in [-0.3, -0.25) is 14.6 Å². The summed E-state index contributed by atoms with van der Waals surface area (Å²) in [5.74, 6) is -0.410. The van der Waals surface area contributed by atoms with Crippen LogP contribution >= 0.6 is 0 Å². The van der Waals surface area contributed by atoms with Crippen molar-refractivity contribution in [2.24, 2.45) is 11.8 Å². The number of amides is 2. The summed E-state index contributed by atoms with van der Waals surface area (Å²) in [7, 11) is 0. The monoisotopic (exact) mass is 351 g/mol. The van der Waals surface area contributed by atoms with Gasteiger partial charge in [0.15, 0.2) is 0 Å². The molecule has 0 radical (unpaired) electrons. The predicted octanol–water partition coefficient (Wildman–Crippen LogP) is 2.77. The molecular formula is C21H25N3O2. The number of nitrogens with zero attached hydrogens (tertiary/aromatic N) is 2. The fraction of sp³-hybridized carbons (Fsp3) is 0.381. The lowest BCUT2D eigenvalue weighted by Gasteiger charge is -2.27. The van der Waals surface area contributed by atoms with E-state index in [4.69, 9.17) is 0 Å². The third-order valence-corrected chi connectivity index (χ3v) is 4.72. The van der Waals surface area contributed by atoms with Crippen molar-refractivity contribution in [2.45, 2.75) is 39.4 Å². The van der Waals surface area contributed by atoms with E-state index in [1.54, 1.807) is 6.20 Å². The SMILES string of the molecule is CC(C)N(Cc1ccccc1)C(=O)C1CC1C(=O)NCc1ccccn1. The molecule has 2 unspecified atom stereocenters. The summed E-state index contributed by atoms with van der Waals surface area (Å²) in [4.78, 5) is 31.3. The molecule has 1 saturated carbocycles. The average molecular weight is 351 g/mol. The Labute approximate surface area is 154 Å². The maximum absolute atomic E-state index is 12.9. The first-order chi connectivity index (χ1) is 12.6. The number of nitrogens with one attached hydrogen (secondary N) is 1. The average Bonchev–Trinajstić information content (AvgIpc) is 3.46. The second kappa shape index (κ2) is 8.13. The Morgan fingerprint density at radius 2 is 1.85 bits per heavy atom. The number of pyridine rings is 1. The third kappa shape index (κ3) is 4.48. The predicted molar refractivity (Wildman–Crippen MR) is 99.8 cm³/mol. The number of carbonyl (C=O) groups excluding carboxylic acids is 2. The zero-order chi connectivity index (χ0) is 18.5. The summed E-state index contributed by atoms with van der Waals surface area (Å²) in [6, 6.07) is 15.7. The van der Waals surface area contributed by atoms with E-state index in [9.17, 15) is 9.59 Å². The number of rotatable bonds is 7. The minimum atomic E-state index is -0.219. The summed E-state index contributed by atoms with van der Waals surface area (Å²) >= 11 is 0. The molecule has 2 aromatic rings. The Morgan fingerprint density at radius 1 is 1.12 bits per heavy atom. The van der Waals surface area contributed by atoms with Gasteiger partial charge in [-0.2, -0.15) is 0 Å². The quantitative estimate of drug-likeness (QED) is 0.834. The maximum Gasteiger partial charge on any atom is 0.227 e. The molecule has 0 spiro atoms. The summed E-state index contributed by atoms with van der Waals surface area (Å²) in [6.45, 7) is 5.00. The molecule has 0 aliphatic heterocycles. The highest BCUT2D eigenvalue weighted by Gasteiger charge is 2.49. The molecule has 26 heavy (non-hydrogen) atoms. The smallest absolute Gasteiger partial charge is 0.227 e. The van der Waals surface area contributed by atoms with Crippen LogP contribution in [0, 0.1) is 11.8 Å². The zero-order valence-corrected chi connectivity index (χ0v) is 15.3. The van der Waals surface area contributed by atoms with Crippen LogP contribution in [0.5, 0.6) is 0 Å². The topological polar surface area (TPSA) is 62.3 Å². The molecule has 1 fully saturated rings. The van der Waals surface area contributed by atoms with E-state index in [1.807, 2.05) is 67.3 Å². The van der Waals surface area contributed by atoms with Crippen LogP contribution < -0.4 is 5.32 Å². The molecule has 3 rings (SSSR count). The maximum atomic E-state index is 12.9. The number of aromatic nitrogens is 1. The lowest BCUT2D eigenvalue weighted by Crippen LogP contribution is -2.38. The Balaban J connectivity index is 1.55. The van der Waals surface area contributed by atoms with E-state index in [2.05, 4.69) is 10.3 Å². The lowest BCUT2D eigenvalue weighted by molar-refractivity contribution is -0.136. The number of hydrogen-bond donors (Lipinski definition) is 1. The van der Waals surface area contributed by atoms with E-state index >= 15 is 0 Å². The van der Waals surface area contributed by atoms with Gasteiger partial charge in [-0.25, -0.2) is 0 Å². The fourth-order valence-electron chi connectivity index (χ4n) is 3.08. The fourth-order valence-corrected chi connectivity index (χ4v) is 3.08. The lowest BCUT2D eigenvalue weighted by atomic mass is 10.1. The highest BCUT2D eigenvalue weighted by Crippen LogP contribution is 2.40. The van der Waals surface area contributed by atoms with Crippen LogP contribution in [0.15, 0.2) is 54.7 Å². The molecule has 0 bridgehead atoms. The van der Waals surface area contributed by atoms with Gasteiger partial charge in [-0.1, -0.05) is 36.4 Å². The minimum Gasteiger partial charge on any atom is -0.350 e. The highest BCUT2D eigenvalue weighted by atomic mass is 16.2. The Bertz CT molecular complexity index is 746. The summed E-state index contributed by atoms with van der Waals surface area (Å²) < 4.78 is 0. The van der Waals surface area contributed by atoms with Crippen LogP contribution in [0.4, 0.5) is 0 Å². The summed E-state index contributed by atoms with van der Waals surface area (Å²) in [5, 5.41) is 2.89. The largest absolute Gasteiger partial charge is 0.350 e. The molecule has 0 saturated heterocycles. The molecule has 5 nitrogen and oxygen atoms in total. The summed E-state index contributed by atoms with van der Waals surface area (Å²) in [6.07, 6.45) is 2.33. The number of carbonyl (C=O) groups is 2. The van der Waals surface area contributed by atoms with E-state index in [0.717, 1.165) is 11.3 Å². The van der Waals surface area contributed by atoms with Crippen molar-refractivity contribution in [1.82, 2.24) is 15.2 Å². The first-order valence-corrected chi connectivity index (χ1v) is 9.08. The van der Waals surface area contributed by atoms with Crippen molar-refractivity contribution in [3.8, 4) is 0 Å². The normalized spacial score (nSPS) is 18.4. The molecule has 5 heteroatoms. The summed E-state index contributed by atoms with van der Waals surface area (Å²) in [5.41, 5.74) is 1.92. The van der Waals surface area contributed by atoms with Crippen molar-refractivity contribution < 1.29 is 9.59 Å². The van der Waals surface area contributed by atoms with E-state index in [-0.39, 0.29) is 29.7 Å². The van der Waals surface area contributed by atoms with Gasteiger partial charge in [0.1, 0.15) is 0 Å². The first kappa shape index (κ1) is 18.1. The van der Waals surface area contributed by atoms with Crippen LogP contribution in [-0.4, -0.2) is 27.7 Å². The number of benzene rings is 1. The third-order valence-electron chi connectivity index (χ3n) is 4.72. The first-order valence-electron chi connectivity index (χ1n) is 9.08. The van der Waals surface area contributed by atoms with E-state index < -0.39 is 0 Å². The minimum absolute atomic E-state index is 0.0579. The van der Waals surface area contributed by atoms with Gasteiger partial charge in [0.25, 0.3) is 0 Å². The van der Waals surface area contributed by atoms with Crippen LogP contribution in [0.1, 0.15) is 31.5 Å². The molecule has 2 amide bonds. The van der Waals surface area contributed by atoms with Gasteiger partial charge in [-0.05, 0) is 38.0 Å². The van der Waals surface area contributed by atoms with Gasteiger partial charge < -0.3 is 10.2 Å². The molecular weight excluding hydrogens is 326 g/mol. The highest BCUT2D eigenvalue weighted by molar-refractivity contribution is 5.92. The molecule has 2 atom stereocenters. The number of hydrogen-bond acceptors (Lipinski definition) is 3. The second-order valence-corrected chi connectivity index (χ2v) is 7.03.